The summed E-state index contributed by atoms with van der Waals surface area (Å²) in [7, 11) is 2.22. The fourth-order valence-corrected chi connectivity index (χ4v) is 16.4. The minimum atomic E-state index is -3.24. The van der Waals surface area contributed by atoms with E-state index in [1.165, 1.54) is 60.0 Å². The van der Waals surface area contributed by atoms with Gasteiger partial charge in [-0.2, -0.15) is 18.6 Å². The monoisotopic (exact) mass is 2060 g/mol. The molecule has 740 valence electrons. The summed E-state index contributed by atoms with van der Waals surface area (Å²) in [6.45, 7) is 32.3. The van der Waals surface area contributed by atoms with Gasteiger partial charge in [-0.1, -0.05) is 255 Å². The largest absolute Gasteiger partial charge is 0.468 e. The third-order valence-electron chi connectivity index (χ3n) is 21.9. The van der Waals surface area contributed by atoms with Gasteiger partial charge >= 0.3 is 17.9 Å². The van der Waals surface area contributed by atoms with Crippen LogP contribution in [0.3, 0.4) is 0 Å². The van der Waals surface area contributed by atoms with Gasteiger partial charge in [0.1, 0.15) is 11.4 Å². The number of nitrogens with two attached hydrogens (primary N) is 1. The summed E-state index contributed by atoms with van der Waals surface area (Å²) in [5.41, 5.74) is 24.5. The number of azide groups is 1. The number of aryl methyl sites for hydroxylation is 2. The van der Waals surface area contributed by atoms with Gasteiger partial charge in [0.05, 0.1) is 88.2 Å². The molecule has 0 spiro atoms. The smallest absolute Gasteiger partial charge is 0.323 e. The lowest BCUT2D eigenvalue weighted by molar-refractivity contribution is -0.147. The van der Waals surface area contributed by atoms with Crippen molar-refractivity contribution in [3.63, 3.8) is 0 Å². The van der Waals surface area contributed by atoms with Gasteiger partial charge in [0.15, 0.2) is 0 Å². The first-order valence-electron chi connectivity index (χ1n) is 45.4. The van der Waals surface area contributed by atoms with Gasteiger partial charge in [-0.15, -0.1) is 26.3 Å². The second kappa shape index (κ2) is 66.6. The molecule has 2 amide bonds. The Kier molecular flexibility index (Phi) is 56.7. The van der Waals surface area contributed by atoms with Crippen molar-refractivity contribution in [2.24, 2.45) is 28.6 Å². The number of rotatable bonds is 32. The molecular formula is C103H136Br2ClN15O14S2. The van der Waals surface area contributed by atoms with Crippen molar-refractivity contribution in [1.29, 1.82) is 0 Å². The highest BCUT2D eigenvalue weighted by Crippen LogP contribution is 2.39. The van der Waals surface area contributed by atoms with E-state index in [2.05, 4.69) is 245 Å². The summed E-state index contributed by atoms with van der Waals surface area (Å²) in [4.78, 5) is 71.9. The number of hydrogen-bond donors (Lipinski definition) is 4. The third-order valence-corrected chi connectivity index (χ3v) is 23.6. The van der Waals surface area contributed by atoms with Crippen LogP contribution in [0, 0.1) is 17.8 Å². The molecule has 0 radical (unpaired) electrons. The van der Waals surface area contributed by atoms with E-state index in [1.807, 2.05) is 154 Å². The summed E-state index contributed by atoms with van der Waals surface area (Å²) in [5.74, 6) is 0.746. The third kappa shape index (κ3) is 44.2. The number of aliphatic hydroxyl groups is 1. The van der Waals surface area contributed by atoms with Crippen LogP contribution in [0.2, 0.25) is 0 Å². The fourth-order valence-electron chi connectivity index (χ4n) is 15.3. The lowest BCUT2D eigenvalue weighted by Crippen LogP contribution is -2.40. The van der Waals surface area contributed by atoms with Crippen LogP contribution in [-0.4, -0.2) is 220 Å². The maximum Gasteiger partial charge on any atom is 0.323 e. The van der Waals surface area contributed by atoms with E-state index in [-0.39, 0.29) is 72.3 Å². The standard InChI is InChI=1S/C22H24N4O.C14H18N4O2.C14H19NO2.C13H16N2O.C11H15N.C9H9BrN2.C7H9N.C5H10O3S.C4H8O.C3H5BrO2.CH3ClO2S/c1-2-26-20-10-6-9-19(18(20)13-23-26)25-15-17-11-12-24(21(17)22(25)27)14-16-7-4-3-5-8-16;1-20-14(19)13-12(9-16-17-15)7-8-18(13)10-11-5-3-2-4-6-11;1-3-4-10-15(12-14(16)17-2)11-13-8-6-5-7-9-13;16-13-12-11(8-14-13)6-7-15(12)9-10-4-2-1-3-5-10;1-2-3-9-12-10-11-7-5-4-6-8-11;1-2-12-9-5-3-4-8(10)7(9)6-11-12;8-6-7-4-2-1-3-5-7;1-3-4-5-8-9(2,6)7;1-2-3-4-5;1-6-3(5)2-4;1-5(2,3)4/h3-10,13,17,21H,2,11-12,14-15H2,1H3;2-6,12-13H,7-10H2,1H3;3,5-9H,1,4,10-12H2,2H3;1-5,11-12H,6-9H2,(H,14,16);2,4-8,12H,1,3,9-10H2;3-6H,2H2,1H3;1-5H,6,8H2;3H,1,4-5H2,2H3;2,5H,1,3-4H2;2H2,1H3;1H3/t17-,21-;12-,13-;;11-,12-;;;;;;;/m00.0......./s1. The van der Waals surface area contributed by atoms with Crippen LogP contribution in [0.4, 0.5) is 5.69 Å². The summed E-state index contributed by atoms with van der Waals surface area (Å²) in [5, 5.41) is 29.2. The molecule has 5 saturated heterocycles. The van der Waals surface area contributed by atoms with E-state index in [9.17, 15) is 40.8 Å². The summed E-state index contributed by atoms with van der Waals surface area (Å²) >= 11 is 6.39. The first-order valence-corrected chi connectivity index (χ1v) is 51.8. The number of halogens is 3. The average Bonchev–Trinajstić information content (AvgIpc) is 1.63. The quantitative estimate of drug-likeness (QED) is 0.00291. The number of hydrogen-bond acceptors (Lipinski definition) is 23. The summed E-state index contributed by atoms with van der Waals surface area (Å²) in [6.07, 6.45) is 19.1. The second-order valence-electron chi connectivity index (χ2n) is 31.9. The molecule has 6 atom stereocenters. The zero-order valence-corrected chi connectivity index (χ0v) is 85.3. The molecule has 34 heteroatoms. The highest BCUT2D eigenvalue weighted by atomic mass is 79.9. The van der Waals surface area contributed by atoms with Crippen molar-refractivity contribution in [2.75, 3.05) is 116 Å². The van der Waals surface area contributed by atoms with Crippen molar-refractivity contribution in [1.82, 2.24) is 49.8 Å². The molecule has 0 saturated carbocycles. The van der Waals surface area contributed by atoms with Gasteiger partial charge in [-0.3, -0.25) is 57.1 Å². The number of nitrogens with zero attached hydrogens (tertiary/aromatic N) is 12. The molecule has 29 nitrogen and oxygen atoms in total. The number of fused-ring (bicyclic) bond motifs is 4. The number of carbonyl (C=O) groups is 5. The molecular weight excluding hydrogens is 1930 g/mol. The van der Waals surface area contributed by atoms with Crippen molar-refractivity contribution >= 4 is 119 Å². The number of amides is 2. The molecule has 2 aromatic heterocycles. The van der Waals surface area contributed by atoms with Crippen molar-refractivity contribution < 1.29 is 64.3 Å². The minimum Gasteiger partial charge on any atom is -0.468 e. The lowest BCUT2D eigenvalue weighted by Gasteiger charge is -2.25. The molecule has 15 rings (SSSR count). The molecule has 5 fully saturated rings. The van der Waals surface area contributed by atoms with E-state index in [4.69, 9.17) is 25.8 Å². The molecule has 5 N–H and O–H groups in total. The Labute approximate surface area is 830 Å². The van der Waals surface area contributed by atoms with Crippen LogP contribution in [0.1, 0.15) is 92.2 Å². The molecule has 8 aromatic carbocycles. The highest BCUT2D eigenvalue weighted by Gasteiger charge is 2.49. The van der Waals surface area contributed by atoms with Crippen molar-refractivity contribution in [2.45, 2.75) is 129 Å². The number of esters is 3. The number of aliphatic hydroxyl groups excluding tert-OH is 1. The first kappa shape index (κ1) is 117. The van der Waals surface area contributed by atoms with Gasteiger partial charge in [0, 0.05) is 128 Å². The number of methoxy groups -OCH3 is 3. The average molecular weight is 2070 g/mol. The predicted octanol–water partition coefficient (Wildman–Crippen LogP) is 17.0. The van der Waals surface area contributed by atoms with Gasteiger partial charge in [-0.05, 0) is 154 Å². The van der Waals surface area contributed by atoms with Crippen LogP contribution in [0.5, 0.6) is 0 Å². The van der Waals surface area contributed by atoms with E-state index in [0.29, 0.717) is 50.9 Å². The number of nitrogens with one attached hydrogen (secondary N) is 2. The number of benzene rings is 8. The van der Waals surface area contributed by atoms with Gasteiger partial charge in [0.2, 0.25) is 20.9 Å². The minimum absolute atomic E-state index is 0.00156. The zero-order chi connectivity index (χ0) is 100. The number of anilines is 1. The molecule has 137 heavy (non-hydrogen) atoms. The number of ether oxygens (including phenoxy) is 3. The van der Waals surface area contributed by atoms with Crippen LogP contribution in [-0.2, 0) is 114 Å². The molecule has 10 aromatic rings. The molecule has 0 unspecified atom stereocenters. The van der Waals surface area contributed by atoms with Gasteiger partial charge in [-0.25, -0.2) is 8.42 Å². The van der Waals surface area contributed by atoms with E-state index >= 15 is 0 Å². The Morgan fingerprint density at radius 1 is 0.613 bits per heavy atom. The second-order valence-corrected chi connectivity index (χ2v) is 38.0. The number of aromatic nitrogens is 4. The highest BCUT2D eigenvalue weighted by molar-refractivity contribution is 9.10. The molecule has 5 aliphatic rings. The van der Waals surface area contributed by atoms with Crippen LogP contribution in [0.25, 0.3) is 32.2 Å². The Morgan fingerprint density at radius 3 is 1.53 bits per heavy atom. The molecule has 0 bridgehead atoms. The zero-order valence-electron chi connectivity index (χ0n) is 79.8. The molecule has 5 aliphatic heterocycles. The van der Waals surface area contributed by atoms with Crippen molar-refractivity contribution in [3.05, 3.63) is 330 Å². The summed E-state index contributed by atoms with van der Waals surface area (Å²) in [6, 6.07) is 73.5. The van der Waals surface area contributed by atoms with Gasteiger partial charge in [0.25, 0.3) is 10.1 Å². The topological polar surface area (TPSA) is 361 Å². The van der Waals surface area contributed by atoms with Crippen molar-refractivity contribution in [3.8, 4) is 0 Å². The maximum absolute atomic E-state index is 13.4. The number of alkyl halides is 1. The van der Waals surface area contributed by atoms with Crippen LogP contribution >= 0.6 is 42.5 Å². The van der Waals surface area contributed by atoms with E-state index in [1.54, 1.807) is 12.2 Å². The Morgan fingerprint density at radius 2 is 1.08 bits per heavy atom. The van der Waals surface area contributed by atoms with Crippen LogP contribution in [0.15, 0.2) is 291 Å². The maximum atomic E-state index is 13.4. The Hall–Kier alpha value is -10.9. The predicted molar refractivity (Wildman–Crippen MR) is 556 cm³/mol. The van der Waals surface area contributed by atoms with Gasteiger partial charge < -0.3 is 40.6 Å². The Bertz CT molecular complexity index is 5480. The first-order chi connectivity index (χ1) is 66.1. The lowest BCUT2D eigenvalue weighted by atomic mass is 10.0. The number of likely N-dealkylation sites (tertiary alicyclic amines) is 3. The molecule has 0 aliphatic carbocycles. The van der Waals surface area contributed by atoms with Crippen LogP contribution < -0.4 is 21.3 Å². The van der Waals surface area contributed by atoms with E-state index in [0.717, 1.165) is 156 Å². The number of carbonyl (C=O) groups excluding carboxylic acids is 5. The Balaban J connectivity index is 0.000000276. The fraction of sp³-hybridized carbons (Fsp3) is 0.388. The van der Waals surface area contributed by atoms with E-state index < -0.39 is 19.2 Å². The normalized spacial score (nSPS) is 16.5. The molecule has 7 heterocycles. The SMILES string of the molecule is C=CCCN(CC(=O)OC)Cc1ccccc1.C=CCCNCc1ccccc1.C=CCCO.C=CCCOS(C)(=O)=O.CCn1ncc2c(Br)cccc21.CCn1ncc2c(N3C[C@@H]4CCN(Cc5ccccc5)[C@@H]4C3=O)cccc21.COC(=O)CBr.COC(=O)[C@@H]1[C@H](CN=[N+]=[N-])CCN1Cc1ccccc1.CS(=O)(=O)Cl.NCc1ccccc1.O=C1NC[C@@H]2CCN(Cc3ccccc3)[C@H]12. The summed E-state index contributed by atoms with van der Waals surface area (Å²) < 4.78 is 62.6.